The Morgan fingerprint density at radius 3 is 2.37 bits per heavy atom. The lowest BCUT2D eigenvalue weighted by Crippen LogP contribution is -2.42. The first-order valence-corrected chi connectivity index (χ1v) is 10.3. The number of hydrogen-bond donors (Lipinski definition) is 1. The van der Waals surface area contributed by atoms with Crippen LogP contribution in [0.15, 0.2) is 53.4 Å². The molecule has 2 aromatic carbocycles. The molecule has 0 bridgehead atoms. The van der Waals surface area contributed by atoms with Crippen LogP contribution in [-0.4, -0.2) is 53.0 Å². The summed E-state index contributed by atoms with van der Waals surface area (Å²) in [6, 6.07) is 12.9. The van der Waals surface area contributed by atoms with E-state index in [0.29, 0.717) is 23.8 Å². The van der Waals surface area contributed by atoms with Crippen molar-refractivity contribution in [3.8, 4) is 0 Å². The van der Waals surface area contributed by atoms with Crippen LogP contribution in [0.3, 0.4) is 0 Å². The molecule has 2 aromatic rings. The monoisotopic (exact) mass is 409 g/mol. The second kappa shape index (κ2) is 9.21. The van der Waals surface area contributed by atoms with Gasteiger partial charge in [-0.3, -0.25) is 9.10 Å². The van der Waals surface area contributed by atoms with Gasteiger partial charge in [-0.15, -0.1) is 0 Å². The number of nitrogens with zero attached hydrogens (tertiary/aromatic N) is 2. The van der Waals surface area contributed by atoms with E-state index in [1.807, 2.05) is 32.0 Å². The average molecular weight is 410 g/mol. The van der Waals surface area contributed by atoms with Crippen molar-refractivity contribution < 1.29 is 13.2 Å². The van der Waals surface area contributed by atoms with E-state index in [4.69, 9.17) is 11.6 Å². The molecule has 0 spiro atoms. The van der Waals surface area contributed by atoms with Gasteiger partial charge in [0, 0.05) is 18.1 Å². The van der Waals surface area contributed by atoms with Crippen LogP contribution in [0.2, 0.25) is 5.02 Å². The van der Waals surface area contributed by atoms with E-state index in [1.165, 1.54) is 24.3 Å². The SMILES string of the molecule is Cc1cccc(N(CC(=O)NCCN(C)C)S(=O)(=O)c2ccc(Cl)cc2)c1. The van der Waals surface area contributed by atoms with Crippen LogP contribution in [0.25, 0.3) is 0 Å². The molecule has 0 saturated heterocycles. The van der Waals surface area contributed by atoms with E-state index < -0.39 is 10.0 Å². The third kappa shape index (κ3) is 5.95. The molecule has 0 aromatic heterocycles. The molecule has 0 radical (unpaired) electrons. The molecule has 27 heavy (non-hydrogen) atoms. The fraction of sp³-hybridized carbons (Fsp3) is 0.316. The van der Waals surface area contributed by atoms with Gasteiger partial charge < -0.3 is 10.2 Å². The Kier molecular flexibility index (Phi) is 7.24. The minimum absolute atomic E-state index is 0.0782. The minimum atomic E-state index is -3.92. The number of sulfonamides is 1. The first kappa shape index (κ1) is 21.2. The summed E-state index contributed by atoms with van der Waals surface area (Å²) in [7, 11) is -0.123. The van der Waals surface area contributed by atoms with Crippen LogP contribution in [0.1, 0.15) is 5.56 Å². The number of halogens is 1. The van der Waals surface area contributed by atoms with Crippen molar-refractivity contribution in [2.75, 3.05) is 38.0 Å². The summed E-state index contributed by atoms with van der Waals surface area (Å²) >= 11 is 5.87. The summed E-state index contributed by atoms with van der Waals surface area (Å²) in [6.07, 6.45) is 0. The highest BCUT2D eigenvalue weighted by atomic mass is 35.5. The second-order valence-corrected chi connectivity index (χ2v) is 8.76. The number of carbonyl (C=O) groups is 1. The molecule has 0 heterocycles. The molecule has 0 unspecified atom stereocenters. The Hall–Kier alpha value is -2.09. The van der Waals surface area contributed by atoms with Crippen molar-refractivity contribution in [2.45, 2.75) is 11.8 Å². The Morgan fingerprint density at radius 1 is 1.11 bits per heavy atom. The highest BCUT2D eigenvalue weighted by Crippen LogP contribution is 2.25. The maximum Gasteiger partial charge on any atom is 0.264 e. The molecule has 146 valence electrons. The van der Waals surface area contributed by atoms with Crippen molar-refractivity contribution in [3.63, 3.8) is 0 Å². The Labute approximate surface area is 165 Å². The van der Waals surface area contributed by atoms with Gasteiger partial charge in [0.2, 0.25) is 5.91 Å². The summed E-state index contributed by atoms with van der Waals surface area (Å²) in [4.78, 5) is 14.4. The van der Waals surface area contributed by atoms with Gasteiger partial charge in [-0.2, -0.15) is 0 Å². The summed E-state index contributed by atoms with van der Waals surface area (Å²) in [5.74, 6) is -0.365. The normalized spacial score (nSPS) is 11.4. The van der Waals surface area contributed by atoms with Crippen molar-refractivity contribution in [3.05, 3.63) is 59.1 Å². The third-order valence-electron chi connectivity index (χ3n) is 3.86. The standard InChI is InChI=1S/C19H24ClN3O3S/c1-15-5-4-6-17(13-15)23(14-19(24)21-11-12-22(2)3)27(25,26)18-9-7-16(20)8-10-18/h4-10,13H,11-12,14H2,1-3H3,(H,21,24). The van der Waals surface area contributed by atoms with Gasteiger partial charge in [0.25, 0.3) is 10.0 Å². The van der Waals surface area contributed by atoms with E-state index in [-0.39, 0.29) is 17.3 Å². The van der Waals surface area contributed by atoms with Crippen LogP contribution < -0.4 is 9.62 Å². The molecular formula is C19H24ClN3O3S. The topological polar surface area (TPSA) is 69.7 Å². The molecule has 0 aliphatic carbocycles. The number of hydrogen-bond acceptors (Lipinski definition) is 4. The van der Waals surface area contributed by atoms with Gasteiger partial charge in [-0.05, 0) is 63.0 Å². The van der Waals surface area contributed by atoms with E-state index in [0.717, 1.165) is 9.87 Å². The highest BCUT2D eigenvalue weighted by molar-refractivity contribution is 7.92. The number of nitrogens with one attached hydrogen (secondary N) is 1. The number of likely N-dealkylation sites (N-methyl/N-ethyl adjacent to an activating group) is 1. The maximum absolute atomic E-state index is 13.2. The third-order valence-corrected chi connectivity index (χ3v) is 5.90. The fourth-order valence-electron chi connectivity index (χ4n) is 2.44. The zero-order valence-corrected chi connectivity index (χ0v) is 17.2. The van der Waals surface area contributed by atoms with Crippen LogP contribution in [-0.2, 0) is 14.8 Å². The van der Waals surface area contributed by atoms with Gasteiger partial charge in [-0.25, -0.2) is 8.42 Å². The molecule has 6 nitrogen and oxygen atoms in total. The molecule has 2 rings (SSSR count). The van der Waals surface area contributed by atoms with Crippen molar-refractivity contribution in [1.82, 2.24) is 10.2 Å². The van der Waals surface area contributed by atoms with E-state index in [9.17, 15) is 13.2 Å². The predicted molar refractivity (Wildman–Crippen MR) is 109 cm³/mol. The Bertz CT molecular complexity index is 883. The Morgan fingerprint density at radius 2 is 1.78 bits per heavy atom. The van der Waals surface area contributed by atoms with Gasteiger partial charge >= 0.3 is 0 Å². The number of amides is 1. The zero-order valence-electron chi connectivity index (χ0n) is 15.6. The minimum Gasteiger partial charge on any atom is -0.353 e. The van der Waals surface area contributed by atoms with E-state index >= 15 is 0 Å². The van der Waals surface area contributed by atoms with Crippen molar-refractivity contribution >= 4 is 33.2 Å². The van der Waals surface area contributed by atoms with Crippen molar-refractivity contribution in [1.29, 1.82) is 0 Å². The molecule has 0 aliphatic rings. The van der Waals surface area contributed by atoms with Crippen LogP contribution >= 0.6 is 11.6 Å². The molecule has 1 amide bonds. The number of carbonyl (C=O) groups excluding carboxylic acids is 1. The van der Waals surface area contributed by atoms with Gasteiger partial charge in [0.1, 0.15) is 6.54 Å². The summed E-state index contributed by atoms with van der Waals surface area (Å²) in [6.45, 7) is 2.67. The zero-order chi connectivity index (χ0) is 20.0. The molecule has 0 aliphatic heterocycles. The lowest BCUT2D eigenvalue weighted by molar-refractivity contribution is -0.119. The lowest BCUT2D eigenvalue weighted by atomic mass is 10.2. The number of anilines is 1. The van der Waals surface area contributed by atoms with E-state index in [2.05, 4.69) is 5.32 Å². The Balaban J connectivity index is 2.32. The first-order valence-electron chi connectivity index (χ1n) is 8.46. The van der Waals surface area contributed by atoms with Crippen LogP contribution in [0.4, 0.5) is 5.69 Å². The van der Waals surface area contributed by atoms with Gasteiger partial charge in [-0.1, -0.05) is 23.7 Å². The summed E-state index contributed by atoms with van der Waals surface area (Å²) in [5, 5.41) is 3.20. The maximum atomic E-state index is 13.2. The summed E-state index contributed by atoms with van der Waals surface area (Å²) < 4.78 is 27.5. The highest BCUT2D eigenvalue weighted by Gasteiger charge is 2.27. The van der Waals surface area contributed by atoms with Gasteiger partial charge in [0.15, 0.2) is 0 Å². The predicted octanol–water partition coefficient (Wildman–Crippen LogP) is 2.52. The average Bonchev–Trinajstić information content (AvgIpc) is 2.59. The molecule has 1 N–H and O–H groups in total. The van der Waals surface area contributed by atoms with Crippen molar-refractivity contribution in [2.24, 2.45) is 0 Å². The fourth-order valence-corrected chi connectivity index (χ4v) is 3.98. The largest absolute Gasteiger partial charge is 0.353 e. The van der Waals surface area contributed by atoms with Gasteiger partial charge in [0.05, 0.1) is 10.6 Å². The molecule has 8 heteroatoms. The summed E-state index contributed by atoms with van der Waals surface area (Å²) in [5.41, 5.74) is 1.34. The number of benzene rings is 2. The first-order chi connectivity index (χ1) is 12.7. The van der Waals surface area contributed by atoms with Crippen LogP contribution in [0.5, 0.6) is 0 Å². The molecule has 0 fully saturated rings. The molecule has 0 saturated carbocycles. The number of rotatable bonds is 8. The lowest BCUT2D eigenvalue weighted by Gasteiger charge is -2.24. The second-order valence-electron chi connectivity index (χ2n) is 6.46. The van der Waals surface area contributed by atoms with Crippen LogP contribution in [0, 0.1) is 6.92 Å². The quantitative estimate of drug-likeness (QED) is 0.727. The molecular weight excluding hydrogens is 386 g/mol. The molecule has 0 atom stereocenters. The number of aryl methyl sites for hydroxylation is 1. The smallest absolute Gasteiger partial charge is 0.264 e. The van der Waals surface area contributed by atoms with E-state index in [1.54, 1.807) is 18.2 Å².